The number of hydrogen-bond acceptors (Lipinski definition) is 7. The Bertz CT molecular complexity index is 1040. The Morgan fingerprint density at radius 3 is 1.81 bits per heavy atom. The number of nitrogen functional groups attached to an aromatic ring is 2. The normalized spacial score (nSPS) is 11.9. The van der Waals surface area contributed by atoms with Gasteiger partial charge in [0.1, 0.15) is 11.6 Å². The first-order chi connectivity index (χ1) is 14.4. The maximum Gasteiger partial charge on any atom is 0.300 e. The molecule has 2 unspecified atom stereocenters. The Hall–Kier alpha value is -3.26. The molecule has 3 aromatic rings. The molecule has 0 saturated heterocycles. The van der Waals surface area contributed by atoms with Crippen LogP contribution in [0, 0.1) is 0 Å². The van der Waals surface area contributed by atoms with Gasteiger partial charge in [-0.25, -0.2) is 4.98 Å². The molecule has 0 saturated carbocycles. The highest BCUT2D eigenvalue weighted by atomic mass is 32.1. The number of ketones is 2. The van der Waals surface area contributed by atoms with Gasteiger partial charge >= 0.3 is 0 Å². The molecule has 7 nitrogen and oxygen atoms in total. The van der Waals surface area contributed by atoms with Crippen LogP contribution >= 0.6 is 11.3 Å². The molecule has 166 valence electrons. The van der Waals surface area contributed by atoms with Crippen molar-refractivity contribution in [3.05, 3.63) is 53.6 Å². The fourth-order valence-corrected chi connectivity index (χ4v) is 3.27. The topological polar surface area (TPSA) is 136 Å². The number of thiazole rings is 1. The number of carbonyl (C=O) groups is 3. The van der Waals surface area contributed by atoms with Gasteiger partial charge in [-0.1, -0.05) is 43.4 Å². The maximum atomic E-state index is 11.2. The van der Waals surface area contributed by atoms with Crippen LogP contribution < -0.4 is 11.5 Å². The van der Waals surface area contributed by atoms with Gasteiger partial charge < -0.3 is 16.6 Å². The highest BCUT2D eigenvalue weighted by Gasteiger charge is 2.12. The van der Waals surface area contributed by atoms with Gasteiger partial charge in [0, 0.05) is 24.4 Å². The second-order valence-electron chi connectivity index (χ2n) is 7.13. The van der Waals surface area contributed by atoms with Crippen molar-refractivity contribution in [2.75, 3.05) is 11.5 Å². The molecule has 0 radical (unpaired) electrons. The summed E-state index contributed by atoms with van der Waals surface area (Å²) < 4.78 is 1.04. The summed E-state index contributed by atoms with van der Waals surface area (Å²) >= 11 is 1.45. The number of Topliss-reactive ketones (excluding diaryl/α,β-unsaturated/α-hetero) is 2. The van der Waals surface area contributed by atoms with E-state index in [4.69, 9.17) is 21.4 Å². The molecule has 2 atom stereocenters. The first-order valence-corrected chi connectivity index (χ1v) is 10.5. The fourth-order valence-electron chi connectivity index (χ4n) is 2.48. The van der Waals surface area contributed by atoms with Crippen molar-refractivity contribution >= 4 is 49.9 Å². The van der Waals surface area contributed by atoms with E-state index in [0.29, 0.717) is 5.13 Å². The number of nitrogens with zero attached hydrogens (tertiary/aromatic N) is 1. The number of carboxylic acid groups (broad SMARTS) is 1. The standard InChI is InChI=1S/C11H12N2OS.C10H13NO.C2H4O2/c1-6(7(2)14)8-3-4-9-10(5-8)15-11(12)13-9;1-7(8(2)12)9-3-5-10(11)6-4-9;1-2(3)4/h3-6H,1-2H3,(H2,12,13);3-7H,11H2,1-2H3;1H3,(H,3,4). The van der Waals surface area contributed by atoms with Crippen molar-refractivity contribution in [1.82, 2.24) is 4.98 Å². The molecule has 2 aromatic carbocycles. The average Bonchev–Trinajstić information content (AvgIpc) is 3.06. The smallest absolute Gasteiger partial charge is 0.300 e. The maximum absolute atomic E-state index is 11.2. The molecule has 0 aliphatic heterocycles. The predicted molar refractivity (Wildman–Crippen MR) is 126 cm³/mol. The van der Waals surface area contributed by atoms with Crippen LogP contribution in [0.1, 0.15) is 57.6 Å². The second-order valence-corrected chi connectivity index (χ2v) is 8.19. The first kappa shape index (κ1) is 25.8. The van der Waals surface area contributed by atoms with Gasteiger partial charge in [-0.15, -0.1) is 0 Å². The molecule has 3 rings (SSSR count). The van der Waals surface area contributed by atoms with E-state index in [1.165, 1.54) is 11.3 Å². The van der Waals surface area contributed by atoms with Crippen LogP contribution in [0.3, 0.4) is 0 Å². The number of aromatic nitrogens is 1. The van der Waals surface area contributed by atoms with Gasteiger partial charge in [0.2, 0.25) is 0 Å². The van der Waals surface area contributed by atoms with Gasteiger partial charge in [0.15, 0.2) is 5.13 Å². The van der Waals surface area contributed by atoms with E-state index in [0.717, 1.165) is 34.0 Å². The highest BCUT2D eigenvalue weighted by molar-refractivity contribution is 7.22. The Labute approximate surface area is 186 Å². The Morgan fingerprint density at radius 2 is 1.32 bits per heavy atom. The van der Waals surface area contributed by atoms with E-state index in [1.807, 2.05) is 56.3 Å². The summed E-state index contributed by atoms with van der Waals surface area (Å²) in [6.07, 6.45) is 0. The number of fused-ring (bicyclic) bond motifs is 1. The summed E-state index contributed by atoms with van der Waals surface area (Å²) in [5.41, 5.74) is 14.8. The summed E-state index contributed by atoms with van der Waals surface area (Å²) in [6, 6.07) is 13.3. The monoisotopic (exact) mass is 443 g/mol. The number of aliphatic carboxylic acids is 1. The van der Waals surface area contributed by atoms with Crippen LogP contribution in [0.2, 0.25) is 0 Å². The fraction of sp³-hybridized carbons (Fsp3) is 0.304. The highest BCUT2D eigenvalue weighted by Crippen LogP contribution is 2.27. The number of nitrogens with two attached hydrogens (primary N) is 2. The van der Waals surface area contributed by atoms with E-state index < -0.39 is 5.97 Å². The number of carbonyl (C=O) groups excluding carboxylic acids is 2. The molecule has 1 aromatic heterocycles. The van der Waals surface area contributed by atoms with Crippen LogP contribution in [0.4, 0.5) is 10.8 Å². The molecule has 0 spiro atoms. The Kier molecular flexibility index (Phi) is 9.82. The summed E-state index contributed by atoms with van der Waals surface area (Å²) in [4.78, 5) is 35.4. The lowest BCUT2D eigenvalue weighted by atomic mass is 9.98. The van der Waals surface area contributed by atoms with Gasteiger partial charge in [-0.3, -0.25) is 14.4 Å². The minimum Gasteiger partial charge on any atom is -0.481 e. The molecule has 31 heavy (non-hydrogen) atoms. The lowest BCUT2D eigenvalue weighted by Gasteiger charge is -2.07. The van der Waals surface area contributed by atoms with Crippen LogP contribution in [0.15, 0.2) is 42.5 Å². The minimum absolute atomic E-state index is 0.0226. The molecule has 0 amide bonds. The summed E-state index contributed by atoms with van der Waals surface area (Å²) in [7, 11) is 0. The molecule has 0 aliphatic carbocycles. The van der Waals surface area contributed by atoms with Crippen molar-refractivity contribution < 1.29 is 19.5 Å². The van der Waals surface area contributed by atoms with Gasteiger partial charge in [-0.2, -0.15) is 0 Å². The first-order valence-electron chi connectivity index (χ1n) is 9.64. The number of anilines is 2. The zero-order valence-corrected chi connectivity index (χ0v) is 19.2. The van der Waals surface area contributed by atoms with Crippen molar-refractivity contribution in [3.63, 3.8) is 0 Å². The third-order valence-electron chi connectivity index (χ3n) is 4.59. The van der Waals surface area contributed by atoms with Gasteiger partial charge in [-0.05, 0) is 49.2 Å². The minimum atomic E-state index is -0.833. The summed E-state index contributed by atoms with van der Waals surface area (Å²) in [5, 5.41) is 7.98. The van der Waals surface area contributed by atoms with E-state index in [1.54, 1.807) is 13.8 Å². The third kappa shape index (κ3) is 8.55. The van der Waals surface area contributed by atoms with Crippen molar-refractivity contribution in [1.29, 1.82) is 0 Å². The van der Waals surface area contributed by atoms with Crippen molar-refractivity contribution in [2.24, 2.45) is 0 Å². The number of hydrogen-bond donors (Lipinski definition) is 3. The molecular weight excluding hydrogens is 414 g/mol. The second kappa shape index (κ2) is 11.8. The van der Waals surface area contributed by atoms with Crippen LogP contribution in [0.25, 0.3) is 10.2 Å². The zero-order valence-electron chi connectivity index (χ0n) is 18.4. The summed E-state index contributed by atoms with van der Waals surface area (Å²) in [6.45, 7) is 8.10. The molecular formula is C23H29N3O4S. The summed E-state index contributed by atoms with van der Waals surface area (Å²) in [5.74, 6) is -0.560. The van der Waals surface area contributed by atoms with E-state index in [-0.39, 0.29) is 23.4 Å². The predicted octanol–water partition coefficient (Wildman–Crippen LogP) is 4.62. The molecule has 0 aliphatic rings. The largest absolute Gasteiger partial charge is 0.481 e. The van der Waals surface area contributed by atoms with Crippen LogP contribution in [-0.2, 0) is 14.4 Å². The van der Waals surface area contributed by atoms with E-state index >= 15 is 0 Å². The van der Waals surface area contributed by atoms with E-state index in [9.17, 15) is 9.59 Å². The van der Waals surface area contributed by atoms with E-state index in [2.05, 4.69) is 4.98 Å². The SMILES string of the molecule is CC(=O)C(C)c1ccc(N)cc1.CC(=O)C(C)c1ccc2nc(N)sc2c1.CC(=O)O. The van der Waals surface area contributed by atoms with Crippen molar-refractivity contribution in [2.45, 2.75) is 46.5 Å². The Balaban J connectivity index is 0.000000270. The zero-order chi connectivity index (χ0) is 23.7. The molecule has 1 heterocycles. The van der Waals surface area contributed by atoms with Crippen molar-refractivity contribution in [3.8, 4) is 0 Å². The Morgan fingerprint density at radius 1 is 0.871 bits per heavy atom. The molecule has 5 N–H and O–H groups in total. The molecule has 8 heteroatoms. The molecule has 0 fully saturated rings. The van der Waals surface area contributed by atoms with Gasteiger partial charge in [0.25, 0.3) is 5.97 Å². The molecule has 0 bridgehead atoms. The quantitative estimate of drug-likeness (QED) is 0.500. The number of rotatable bonds is 4. The lowest BCUT2D eigenvalue weighted by molar-refractivity contribution is -0.134. The average molecular weight is 444 g/mol. The lowest BCUT2D eigenvalue weighted by Crippen LogP contribution is -2.03. The van der Waals surface area contributed by atoms with Crippen LogP contribution in [0.5, 0.6) is 0 Å². The van der Waals surface area contributed by atoms with Gasteiger partial charge in [0.05, 0.1) is 10.2 Å². The van der Waals surface area contributed by atoms with Crippen LogP contribution in [-0.4, -0.2) is 27.6 Å². The number of carboxylic acids is 1. The number of benzene rings is 2. The third-order valence-corrected chi connectivity index (χ3v) is 5.43.